The maximum absolute atomic E-state index is 12.0. The minimum absolute atomic E-state index is 0.248. The van der Waals surface area contributed by atoms with E-state index in [4.69, 9.17) is 5.26 Å². The van der Waals surface area contributed by atoms with Crippen molar-refractivity contribution >= 4 is 10.8 Å². The third-order valence-electron chi connectivity index (χ3n) is 2.86. The largest absolute Gasteiger partial charge is 0.375 e. The smallest absolute Gasteiger partial charge is 0.151 e. The molecule has 0 fully saturated rings. The summed E-state index contributed by atoms with van der Waals surface area (Å²) in [4.78, 5) is 0.748. The van der Waals surface area contributed by atoms with Crippen molar-refractivity contribution in [3.05, 3.63) is 29.8 Å². The maximum Gasteiger partial charge on any atom is 0.151 e. The second kappa shape index (κ2) is 6.67. The first-order valence-corrected chi connectivity index (χ1v) is 7.41. The minimum Gasteiger partial charge on any atom is -0.375 e. The standard InChI is InChI=1S/C14H19NO2S/c1-3-8-14(16,11-15)9-10-18(17)13-6-4-12(2)5-7-13/h4-7,16H,3,8-10H2,1-2H3. The van der Waals surface area contributed by atoms with Crippen LogP contribution in [0.4, 0.5) is 0 Å². The van der Waals surface area contributed by atoms with Gasteiger partial charge in [0.2, 0.25) is 0 Å². The quantitative estimate of drug-likeness (QED) is 0.804. The number of hydrogen-bond donors (Lipinski definition) is 1. The Balaban J connectivity index is 2.61. The van der Waals surface area contributed by atoms with Gasteiger partial charge in [-0.1, -0.05) is 31.0 Å². The highest BCUT2D eigenvalue weighted by atomic mass is 32.2. The summed E-state index contributed by atoms with van der Waals surface area (Å²) in [6, 6.07) is 9.40. The van der Waals surface area contributed by atoms with Gasteiger partial charge in [-0.3, -0.25) is 4.21 Å². The first kappa shape index (κ1) is 14.9. The Bertz CT molecular complexity index is 450. The van der Waals surface area contributed by atoms with Gasteiger partial charge in [0, 0.05) is 17.1 Å². The van der Waals surface area contributed by atoms with Crippen LogP contribution in [0.3, 0.4) is 0 Å². The van der Waals surface area contributed by atoms with Crippen LogP contribution in [0.25, 0.3) is 0 Å². The monoisotopic (exact) mass is 265 g/mol. The number of hydrogen-bond acceptors (Lipinski definition) is 3. The molecule has 0 saturated carbocycles. The number of nitrogens with zero attached hydrogens (tertiary/aromatic N) is 1. The lowest BCUT2D eigenvalue weighted by atomic mass is 9.97. The topological polar surface area (TPSA) is 61.1 Å². The van der Waals surface area contributed by atoms with Gasteiger partial charge in [-0.15, -0.1) is 0 Å². The van der Waals surface area contributed by atoms with Gasteiger partial charge < -0.3 is 5.11 Å². The zero-order valence-electron chi connectivity index (χ0n) is 10.8. The summed E-state index contributed by atoms with van der Waals surface area (Å²) in [6.07, 6.45) is 1.41. The number of aliphatic hydroxyl groups is 1. The van der Waals surface area contributed by atoms with Gasteiger partial charge >= 0.3 is 0 Å². The van der Waals surface area contributed by atoms with Crippen molar-refractivity contribution in [3.8, 4) is 6.07 Å². The number of rotatable bonds is 6. The van der Waals surface area contributed by atoms with Gasteiger partial charge in [0.25, 0.3) is 0 Å². The minimum atomic E-state index is -1.34. The van der Waals surface area contributed by atoms with Crippen molar-refractivity contribution < 1.29 is 9.32 Å². The van der Waals surface area contributed by atoms with E-state index in [2.05, 4.69) is 0 Å². The molecule has 0 amide bonds. The van der Waals surface area contributed by atoms with Crippen molar-refractivity contribution in [2.45, 2.75) is 43.6 Å². The van der Waals surface area contributed by atoms with Crippen LogP contribution in [0, 0.1) is 18.3 Å². The molecule has 0 aliphatic heterocycles. The van der Waals surface area contributed by atoms with Crippen molar-refractivity contribution in [2.75, 3.05) is 5.75 Å². The molecule has 1 aromatic rings. The van der Waals surface area contributed by atoms with Crippen molar-refractivity contribution in [1.29, 1.82) is 5.26 Å². The molecule has 2 atom stereocenters. The van der Waals surface area contributed by atoms with Crippen LogP contribution >= 0.6 is 0 Å². The van der Waals surface area contributed by atoms with Gasteiger partial charge in [-0.25, -0.2) is 0 Å². The van der Waals surface area contributed by atoms with Crippen LogP contribution in [-0.4, -0.2) is 20.7 Å². The average Bonchev–Trinajstić information content (AvgIpc) is 2.37. The summed E-state index contributed by atoms with van der Waals surface area (Å²) in [6.45, 7) is 3.89. The molecular weight excluding hydrogens is 246 g/mol. The normalized spacial score (nSPS) is 15.7. The zero-order valence-corrected chi connectivity index (χ0v) is 11.7. The van der Waals surface area contributed by atoms with Crippen LogP contribution in [0.1, 0.15) is 31.7 Å². The molecule has 0 aliphatic carbocycles. The molecule has 0 heterocycles. The molecule has 1 rings (SSSR count). The molecule has 1 N–H and O–H groups in total. The molecule has 1 aromatic carbocycles. The van der Waals surface area contributed by atoms with E-state index >= 15 is 0 Å². The molecule has 2 unspecified atom stereocenters. The average molecular weight is 265 g/mol. The maximum atomic E-state index is 12.0. The molecule has 0 bridgehead atoms. The number of aryl methyl sites for hydroxylation is 1. The highest BCUT2D eigenvalue weighted by Crippen LogP contribution is 2.19. The predicted molar refractivity (Wildman–Crippen MR) is 72.5 cm³/mol. The van der Waals surface area contributed by atoms with Gasteiger partial charge in [0.1, 0.15) is 0 Å². The van der Waals surface area contributed by atoms with Gasteiger partial charge in [0.15, 0.2) is 5.60 Å². The Kier molecular flexibility index (Phi) is 5.52. The summed E-state index contributed by atoms with van der Waals surface area (Å²) in [5, 5.41) is 18.9. The highest BCUT2D eigenvalue weighted by molar-refractivity contribution is 7.85. The van der Waals surface area contributed by atoms with Crippen LogP contribution in [0.5, 0.6) is 0 Å². The third-order valence-corrected chi connectivity index (χ3v) is 4.23. The second-order valence-corrected chi connectivity index (χ2v) is 6.08. The molecule has 98 valence electrons. The predicted octanol–water partition coefficient (Wildman–Crippen LogP) is 2.55. The highest BCUT2D eigenvalue weighted by Gasteiger charge is 2.26. The number of nitriles is 1. The Labute approximate surface area is 111 Å². The Hall–Kier alpha value is -1.18. The van der Waals surface area contributed by atoms with E-state index in [9.17, 15) is 9.32 Å². The zero-order chi connectivity index (χ0) is 13.6. The van der Waals surface area contributed by atoms with Crippen molar-refractivity contribution in [1.82, 2.24) is 0 Å². The lowest BCUT2D eigenvalue weighted by molar-refractivity contribution is 0.0855. The third kappa shape index (κ3) is 4.25. The summed E-state index contributed by atoms with van der Waals surface area (Å²) in [7, 11) is -1.15. The summed E-state index contributed by atoms with van der Waals surface area (Å²) in [5.41, 5.74) is -0.218. The Morgan fingerprint density at radius 2 is 1.94 bits per heavy atom. The van der Waals surface area contributed by atoms with E-state index in [-0.39, 0.29) is 6.42 Å². The Morgan fingerprint density at radius 3 is 2.44 bits per heavy atom. The fourth-order valence-corrected chi connectivity index (χ4v) is 2.92. The molecule has 0 aliphatic rings. The first-order valence-electron chi connectivity index (χ1n) is 6.09. The van der Waals surface area contributed by atoms with E-state index in [0.29, 0.717) is 12.2 Å². The van der Waals surface area contributed by atoms with Crippen LogP contribution in [0.2, 0.25) is 0 Å². The van der Waals surface area contributed by atoms with Gasteiger partial charge in [0.05, 0.1) is 16.9 Å². The molecule has 3 nitrogen and oxygen atoms in total. The van der Waals surface area contributed by atoms with Crippen LogP contribution in [-0.2, 0) is 10.8 Å². The van der Waals surface area contributed by atoms with Crippen LogP contribution < -0.4 is 0 Å². The second-order valence-electron chi connectivity index (χ2n) is 4.51. The molecule has 0 radical (unpaired) electrons. The van der Waals surface area contributed by atoms with E-state index in [1.807, 2.05) is 44.2 Å². The van der Waals surface area contributed by atoms with E-state index in [1.165, 1.54) is 0 Å². The van der Waals surface area contributed by atoms with Crippen molar-refractivity contribution in [2.24, 2.45) is 0 Å². The lowest BCUT2D eigenvalue weighted by Crippen LogP contribution is -2.28. The number of benzene rings is 1. The summed E-state index contributed by atoms with van der Waals surface area (Å²) >= 11 is 0. The molecule has 0 aromatic heterocycles. The Morgan fingerprint density at radius 1 is 1.33 bits per heavy atom. The van der Waals surface area contributed by atoms with E-state index in [0.717, 1.165) is 16.9 Å². The van der Waals surface area contributed by atoms with Crippen LogP contribution in [0.15, 0.2) is 29.2 Å². The van der Waals surface area contributed by atoms with E-state index in [1.54, 1.807) is 0 Å². The van der Waals surface area contributed by atoms with Crippen molar-refractivity contribution in [3.63, 3.8) is 0 Å². The fourth-order valence-electron chi connectivity index (χ4n) is 1.72. The SMILES string of the molecule is CCCC(O)(C#N)CCS(=O)c1ccc(C)cc1. The molecule has 18 heavy (non-hydrogen) atoms. The van der Waals surface area contributed by atoms with E-state index < -0.39 is 16.4 Å². The molecular formula is C14H19NO2S. The summed E-state index contributed by atoms with van der Waals surface area (Å²) < 4.78 is 12.0. The molecule has 0 spiro atoms. The van der Waals surface area contributed by atoms with Gasteiger partial charge in [-0.05, 0) is 25.5 Å². The fraction of sp³-hybridized carbons (Fsp3) is 0.500. The van der Waals surface area contributed by atoms with Gasteiger partial charge in [-0.2, -0.15) is 5.26 Å². The molecule has 4 heteroatoms. The first-order chi connectivity index (χ1) is 8.50. The lowest BCUT2D eigenvalue weighted by Gasteiger charge is -2.18. The summed E-state index contributed by atoms with van der Waals surface area (Å²) in [5.74, 6) is 0.313. The molecule has 0 saturated heterocycles.